The maximum Gasteiger partial charge on any atom is 0.163 e. The third-order valence-electron chi connectivity index (χ3n) is 7.52. The average Bonchev–Trinajstić information content (AvgIpc) is 3.44. The van der Waals surface area contributed by atoms with Crippen molar-refractivity contribution in [3.05, 3.63) is 53.0 Å². The Labute approximate surface area is 201 Å². The summed E-state index contributed by atoms with van der Waals surface area (Å²) in [6, 6.07) is 7.14. The number of nitrogens with one attached hydrogen (secondary N) is 1. The summed E-state index contributed by atoms with van der Waals surface area (Å²) in [4.78, 5) is 6.41. The fourth-order valence-electron chi connectivity index (χ4n) is 5.47. The third kappa shape index (κ3) is 4.08. The van der Waals surface area contributed by atoms with Crippen molar-refractivity contribution in [3.8, 4) is 11.3 Å². The molecule has 0 saturated carbocycles. The number of likely N-dealkylation sites (tertiary alicyclic amines) is 1. The van der Waals surface area contributed by atoms with Crippen molar-refractivity contribution in [2.24, 2.45) is 0 Å². The van der Waals surface area contributed by atoms with Crippen molar-refractivity contribution in [2.45, 2.75) is 52.4 Å². The Bertz CT molecular complexity index is 1280. The van der Waals surface area contributed by atoms with Crippen LogP contribution in [0.3, 0.4) is 0 Å². The Kier molecular flexibility index (Phi) is 6.23. The second kappa shape index (κ2) is 9.15. The van der Waals surface area contributed by atoms with Crippen molar-refractivity contribution in [2.75, 3.05) is 31.6 Å². The van der Waals surface area contributed by atoms with Crippen molar-refractivity contribution < 1.29 is 0 Å². The third-order valence-corrected chi connectivity index (χ3v) is 8.11. The summed E-state index contributed by atoms with van der Waals surface area (Å²) in [6.45, 7) is 12.6. The molecule has 6 heteroatoms. The molecule has 5 rings (SSSR count). The van der Waals surface area contributed by atoms with Crippen LogP contribution in [0, 0.1) is 13.8 Å². The molecule has 0 bridgehead atoms. The van der Waals surface area contributed by atoms with Gasteiger partial charge in [0.05, 0.1) is 5.69 Å². The van der Waals surface area contributed by atoms with Gasteiger partial charge in [0.1, 0.15) is 6.33 Å². The number of rotatable bonds is 6. The zero-order chi connectivity index (χ0) is 23.1. The smallest absolute Gasteiger partial charge is 0.163 e. The van der Waals surface area contributed by atoms with Crippen LogP contribution >= 0.6 is 11.8 Å². The molecule has 0 amide bonds. The van der Waals surface area contributed by atoms with Gasteiger partial charge < -0.3 is 9.88 Å². The van der Waals surface area contributed by atoms with Crippen LogP contribution in [0.5, 0.6) is 0 Å². The van der Waals surface area contributed by atoms with Gasteiger partial charge in [-0.2, -0.15) is 11.8 Å². The van der Waals surface area contributed by atoms with Gasteiger partial charge in [-0.1, -0.05) is 19.9 Å². The molecule has 1 aromatic carbocycles. The number of nitrogens with zero attached hydrogens (tertiary/aromatic N) is 4. The summed E-state index contributed by atoms with van der Waals surface area (Å²) >= 11 is 1.95. The molecule has 0 radical (unpaired) electrons. The van der Waals surface area contributed by atoms with Gasteiger partial charge in [-0.15, -0.1) is 10.2 Å². The number of hydrogen-bond acceptors (Lipinski definition) is 4. The highest BCUT2D eigenvalue weighted by molar-refractivity contribution is 7.98. The Balaban J connectivity index is 1.54. The van der Waals surface area contributed by atoms with E-state index >= 15 is 0 Å². The molecular weight excluding hydrogens is 426 g/mol. The minimum atomic E-state index is 0.425. The van der Waals surface area contributed by atoms with Gasteiger partial charge in [0.15, 0.2) is 5.65 Å². The molecule has 4 aromatic rings. The Morgan fingerprint density at radius 3 is 2.67 bits per heavy atom. The first-order valence-electron chi connectivity index (χ1n) is 12.1. The highest BCUT2D eigenvalue weighted by Crippen LogP contribution is 2.39. The van der Waals surface area contributed by atoms with Gasteiger partial charge in [-0.3, -0.25) is 4.40 Å². The molecule has 0 spiro atoms. The number of benzene rings is 1. The van der Waals surface area contributed by atoms with Crippen LogP contribution in [-0.4, -0.2) is 56.1 Å². The lowest BCUT2D eigenvalue weighted by molar-refractivity contribution is 0.224. The number of hydrogen-bond donors (Lipinski definition) is 1. The molecular formula is C27H35N5S. The number of piperidine rings is 1. The van der Waals surface area contributed by atoms with E-state index in [0.717, 1.165) is 5.65 Å². The molecule has 0 aliphatic carbocycles. The predicted molar refractivity (Wildman–Crippen MR) is 141 cm³/mol. The first kappa shape index (κ1) is 22.5. The number of aromatic amines is 1. The fourth-order valence-corrected chi connectivity index (χ4v) is 5.91. The van der Waals surface area contributed by atoms with E-state index in [0.29, 0.717) is 11.8 Å². The molecule has 5 nitrogen and oxygen atoms in total. The first-order chi connectivity index (χ1) is 16.0. The molecule has 1 fully saturated rings. The maximum atomic E-state index is 4.30. The molecule has 3 aromatic heterocycles. The quantitative estimate of drug-likeness (QED) is 0.374. The van der Waals surface area contributed by atoms with Crippen molar-refractivity contribution in [3.63, 3.8) is 0 Å². The van der Waals surface area contributed by atoms with Gasteiger partial charge >= 0.3 is 0 Å². The molecule has 4 heterocycles. The van der Waals surface area contributed by atoms with E-state index in [1.54, 1.807) is 6.33 Å². The topological polar surface area (TPSA) is 49.2 Å². The summed E-state index contributed by atoms with van der Waals surface area (Å²) in [6.07, 6.45) is 8.70. The highest BCUT2D eigenvalue weighted by Gasteiger charge is 2.23. The van der Waals surface area contributed by atoms with Gasteiger partial charge in [-0.05, 0) is 92.3 Å². The number of H-pyrrole nitrogens is 1. The van der Waals surface area contributed by atoms with E-state index in [1.165, 1.54) is 82.6 Å². The largest absolute Gasteiger partial charge is 0.354 e. The van der Waals surface area contributed by atoms with Gasteiger partial charge in [-0.25, -0.2) is 0 Å². The molecule has 33 heavy (non-hydrogen) atoms. The second-order valence-electron chi connectivity index (χ2n) is 9.84. The Morgan fingerprint density at radius 2 is 1.94 bits per heavy atom. The maximum absolute atomic E-state index is 4.30. The van der Waals surface area contributed by atoms with E-state index < -0.39 is 0 Å². The van der Waals surface area contributed by atoms with Crippen molar-refractivity contribution in [1.29, 1.82) is 0 Å². The summed E-state index contributed by atoms with van der Waals surface area (Å²) < 4.78 is 2.05. The Morgan fingerprint density at radius 1 is 1.15 bits per heavy atom. The van der Waals surface area contributed by atoms with Crippen LogP contribution in [0.15, 0.2) is 30.7 Å². The number of aromatic nitrogens is 4. The van der Waals surface area contributed by atoms with Crippen molar-refractivity contribution in [1.82, 2.24) is 24.5 Å². The predicted octanol–water partition coefficient (Wildman–Crippen LogP) is 6.16. The van der Waals surface area contributed by atoms with Gasteiger partial charge in [0, 0.05) is 35.0 Å². The standard InChI is InChI=1S/C27H35N5S/c1-17(2)25-22-14-21(20-8-10-31(11-9-20)12-13-33-5)6-7-24(22)29-26(25)23-15-32-16-28-30-27(32)19(4)18(23)3/h6-7,14-17,20,29H,8-13H2,1-5H3. The molecule has 1 N–H and O–H groups in total. The monoisotopic (exact) mass is 461 g/mol. The minimum Gasteiger partial charge on any atom is -0.354 e. The van der Waals surface area contributed by atoms with E-state index in [2.05, 4.69) is 78.4 Å². The molecule has 1 saturated heterocycles. The zero-order valence-corrected chi connectivity index (χ0v) is 21.3. The lowest BCUT2D eigenvalue weighted by atomic mass is 9.87. The lowest BCUT2D eigenvalue weighted by Crippen LogP contribution is -2.34. The van der Waals surface area contributed by atoms with E-state index in [1.807, 2.05) is 16.2 Å². The average molecular weight is 462 g/mol. The van der Waals surface area contributed by atoms with E-state index in [4.69, 9.17) is 0 Å². The number of fused-ring (bicyclic) bond motifs is 2. The molecule has 1 aliphatic heterocycles. The minimum absolute atomic E-state index is 0.425. The van der Waals surface area contributed by atoms with E-state index in [9.17, 15) is 0 Å². The summed E-state index contributed by atoms with van der Waals surface area (Å²) in [5.41, 5.74) is 10.0. The van der Waals surface area contributed by atoms with Crippen LogP contribution in [0.4, 0.5) is 0 Å². The lowest BCUT2D eigenvalue weighted by Gasteiger charge is -2.32. The fraction of sp³-hybridized carbons (Fsp3) is 0.481. The summed E-state index contributed by atoms with van der Waals surface area (Å²) in [5, 5.41) is 9.80. The summed E-state index contributed by atoms with van der Waals surface area (Å²) in [5.74, 6) is 2.32. The SMILES string of the molecule is CSCCN1CCC(c2ccc3[nH]c(-c4cn5cnnc5c(C)c4C)c(C(C)C)c3c2)CC1. The zero-order valence-electron chi connectivity index (χ0n) is 20.5. The van der Waals surface area contributed by atoms with Crippen LogP contribution < -0.4 is 0 Å². The van der Waals surface area contributed by atoms with E-state index in [-0.39, 0.29) is 0 Å². The van der Waals surface area contributed by atoms with Crippen LogP contribution in [-0.2, 0) is 0 Å². The highest BCUT2D eigenvalue weighted by atomic mass is 32.2. The molecule has 1 aliphatic rings. The molecule has 0 atom stereocenters. The van der Waals surface area contributed by atoms with Crippen LogP contribution in [0.25, 0.3) is 27.8 Å². The van der Waals surface area contributed by atoms with Crippen LogP contribution in [0.1, 0.15) is 60.8 Å². The van der Waals surface area contributed by atoms with Crippen LogP contribution in [0.2, 0.25) is 0 Å². The Hall–Kier alpha value is -2.31. The molecule has 174 valence electrons. The normalized spacial score (nSPS) is 15.9. The number of thioether (sulfide) groups is 1. The number of aryl methyl sites for hydroxylation is 1. The van der Waals surface area contributed by atoms with Gasteiger partial charge in [0.25, 0.3) is 0 Å². The second-order valence-corrected chi connectivity index (χ2v) is 10.8. The number of pyridine rings is 1. The molecule has 0 unspecified atom stereocenters. The first-order valence-corrected chi connectivity index (χ1v) is 13.5. The van der Waals surface area contributed by atoms with Gasteiger partial charge in [0.2, 0.25) is 0 Å². The van der Waals surface area contributed by atoms with Crippen molar-refractivity contribution >= 4 is 28.3 Å². The summed E-state index contributed by atoms with van der Waals surface area (Å²) in [7, 11) is 0.